The normalized spacial score (nSPS) is 13.9. The van der Waals surface area contributed by atoms with Crippen LogP contribution in [0.2, 0.25) is 20.1 Å². The zero-order chi connectivity index (χ0) is 25.5. The maximum atomic E-state index is 13.1. The maximum Gasteiger partial charge on any atom is 0.330 e. The fraction of sp³-hybridized carbons (Fsp3) is 0.304. The van der Waals surface area contributed by atoms with Gasteiger partial charge in [-0.3, -0.25) is 19.3 Å². The average Bonchev–Trinajstić information content (AvgIpc) is 3.02. The first-order valence-electron chi connectivity index (χ1n) is 10.1. The number of nitrogens with one attached hydrogen (secondary N) is 1. The molecule has 3 amide bonds. The second-order valence-corrected chi connectivity index (χ2v) is 9.66. The molecule has 0 spiro atoms. The molecule has 1 aliphatic rings. The number of amides is 3. The molecule has 2 aromatic rings. The largest absolute Gasteiger partial charge is 0.454 e. The Kier molecular flexibility index (Phi) is 7.82. The molecule has 1 heterocycles. The van der Waals surface area contributed by atoms with Crippen LogP contribution in [0, 0.1) is 19.8 Å². The van der Waals surface area contributed by atoms with Gasteiger partial charge in [-0.25, -0.2) is 4.79 Å². The van der Waals surface area contributed by atoms with Crippen LogP contribution in [-0.2, 0) is 14.3 Å². The molecule has 0 bridgehead atoms. The van der Waals surface area contributed by atoms with E-state index in [2.05, 4.69) is 5.32 Å². The van der Waals surface area contributed by atoms with Crippen LogP contribution in [0.5, 0.6) is 0 Å². The van der Waals surface area contributed by atoms with Crippen molar-refractivity contribution in [1.29, 1.82) is 0 Å². The Labute approximate surface area is 216 Å². The molecule has 3 rings (SSSR count). The van der Waals surface area contributed by atoms with Crippen molar-refractivity contribution >= 4 is 75.8 Å². The van der Waals surface area contributed by atoms with Gasteiger partial charge in [0, 0.05) is 5.69 Å². The minimum absolute atomic E-state index is 0.179. The summed E-state index contributed by atoms with van der Waals surface area (Å²) < 4.78 is 5.17. The van der Waals surface area contributed by atoms with Crippen LogP contribution in [-0.4, -0.2) is 41.2 Å². The predicted molar refractivity (Wildman–Crippen MR) is 131 cm³/mol. The number of carbonyl (C=O) groups excluding carboxylic acids is 4. The van der Waals surface area contributed by atoms with Crippen LogP contribution in [0.4, 0.5) is 5.69 Å². The molecule has 11 heteroatoms. The van der Waals surface area contributed by atoms with Crippen molar-refractivity contribution < 1.29 is 23.9 Å². The fourth-order valence-electron chi connectivity index (χ4n) is 3.57. The number of rotatable bonds is 6. The fourth-order valence-corrected chi connectivity index (χ4v) is 4.59. The van der Waals surface area contributed by atoms with E-state index in [1.807, 2.05) is 26.0 Å². The third-order valence-electron chi connectivity index (χ3n) is 5.30. The summed E-state index contributed by atoms with van der Waals surface area (Å²) in [6.07, 6.45) is 0. The van der Waals surface area contributed by atoms with Crippen molar-refractivity contribution in [3.8, 4) is 0 Å². The number of esters is 1. The van der Waals surface area contributed by atoms with Crippen molar-refractivity contribution in [3.05, 3.63) is 60.5 Å². The second kappa shape index (κ2) is 10.1. The molecule has 0 saturated heterocycles. The number of nitrogens with zero attached hydrogens (tertiary/aromatic N) is 1. The Morgan fingerprint density at radius 3 is 1.97 bits per heavy atom. The molecular weight excluding hydrogens is 526 g/mol. The number of halogens is 4. The minimum Gasteiger partial charge on any atom is -0.454 e. The molecule has 0 saturated carbocycles. The van der Waals surface area contributed by atoms with Crippen LogP contribution >= 0.6 is 46.4 Å². The minimum atomic E-state index is -1.34. The number of aryl methyl sites for hydroxylation is 2. The van der Waals surface area contributed by atoms with E-state index < -0.39 is 42.3 Å². The highest BCUT2D eigenvalue weighted by Gasteiger charge is 2.48. The summed E-state index contributed by atoms with van der Waals surface area (Å²) in [5.74, 6) is -3.79. The summed E-state index contributed by atoms with van der Waals surface area (Å²) >= 11 is 24.4. The number of hydrogen-bond donors (Lipinski definition) is 1. The zero-order valence-corrected chi connectivity index (χ0v) is 21.6. The van der Waals surface area contributed by atoms with E-state index in [4.69, 9.17) is 51.1 Å². The van der Waals surface area contributed by atoms with Gasteiger partial charge in [0.1, 0.15) is 6.04 Å². The Balaban J connectivity index is 1.81. The predicted octanol–water partition coefficient (Wildman–Crippen LogP) is 5.72. The first-order valence-corrected chi connectivity index (χ1v) is 11.7. The molecule has 7 nitrogen and oxygen atoms in total. The molecular formula is C23H20Cl4N2O5. The van der Waals surface area contributed by atoms with E-state index in [0.29, 0.717) is 10.6 Å². The van der Waals surface area contributed by atoms with Crippen LogP contribution < -0.4 is 5.32 Å². The van der Waals surface area contributed by atoms with Gasteiger partial charge in [0.2, 0.25) is 0 Å². The third-order valence-corrected chi connectivity index (χ3v) is 7.10. The number of benzene rings is 2. The average molecular weight is 546 g/mol. The summed E-state index contributed by atoms with van der Waals surface area (Å²) in [5, 5.41) is 1.84. The van der Waals surface area contributed by atoms with E-state index in [1.165, 1.54) is 0 Å². The maximum absolute atomic E-state index is 13.1. The lowest BCUT2D eigenvalue weighted by Crippen LogP contribution is -2.49. The highest BCUT2D eigenvalue weighted by molar-refractivity contribution is 6.55. The SMILES string of the molecule is Cc1ccc(C)c(NC(=O)COC(=O)[C@H](C(C)C)N2C(=O)c3c(Cl)c(Cl)c(Cl)c(Cl)c3C2=O)c1. The van der Waals surface area contributed by atoms with Crippen molar-refractivity contribution in [2.45, 2.75) is 33.7 Å². The van der Waals surface area contributed by atoms with E-state index in [0.717, 1.165) is 11.1 Å². The van der Waals surface area contributed by atoms with E-state index in [-0.39, 0.29) is 31.2 Å². The number of carbonyl (C=O) groups is 4. The summed E-state index contributed by atoms with van der Waals surface area (Å²) in [6, 6.07) is 4.20. The van der Waals surface area contributed by atoms with Gasteiger partial charge in [0.05, 0.1) is 31.2 Å². The summed E-state index contributed by atoms with van der Waals surface area (Å²) in [5.41, 5.74) is 1.89. The Hall–Kier alpha value is -2.32. The second-order valence-electron chi connectivity index (χ2n) is 8.15. The van der Waals surface area contributed by atoms with E-state index in [1.54, 1.807) is 19.9 Å². The molecule has 0 radical (unpaired) electrons. The van der Waals surface area contributed by atoms with Crippen LogP contribution in [0.25, 0.3) is 0 Å². The molecule has 0 fully saturated rings. The monoisotopic (exact) mass is 544 g/mol. The number of hydrogen-bond acceptors (Lipinski definition) is 5. The van der Waals surface area contributed by atoms with Crippen molar-refractivity contribution in [2.24, 2.45) is 5.92 Å². The summed E-state index contributed by atoms with van der Waals surface area (Å²) in [4.78, 5) is 52.2. The standard InChI is InChI=1S/C23H20Cl4N2O5/c1-9(2)20(23(33)34-8-13(30)28-12-7-10(3)5-6-11(12)4)29-21(31)14-15(22(29)32)17(25)19(27)18(26)16(14)24/h5-7,9,20H,8H2,1-4H3,(H,28,30)/t20-/m0/s1. The number of ether oxygens (including phenoxy) is 1. The number of imide groups is 1. The van der Waals surface area contributed by atoms with Crippen molar-refractivity contribution in [3.63, 3.8) is 0 Å². The molecule has 0 unspecified atom stereocenters. The number of anilines is 1. The molecule has 180 valence electrons. The lowest BCUT2D eigenvalue weighted by atomic mass is 10.0. The molecule has 2 aromatic carbocycles. The number of fused-ring (bicyclic) bond motifs is 1. The molecule has 34 heavy (non-hydrogen) atoms. The molecule has 0 aliphatic carbocycles. The van der Waals surface area contributed by atoms with Crippen LogP contribution in [0.3, 0.4) is 0 Å². The van der Waals surface area contributed by atoms with Crippen molar-refractivity contribution in [1.82, 2.24) is 4.90 Å². The molecule has 1 N–H and O–H groups in total. The van der Waals surface area contributed by atoms with Gasteiger partial charge in [0.15, 0.2) is 6.61 Å². The van der Waals surface area contributed by atoms with Crippen molar-refractivity contribution in [2.75, 3.05) is 11.9 Å². The Bertz CT molecular complexity index is 1180. The molecule has 0 aromatic heterocycles. The van der Waals surface area contributed by atoms with Crippen LogP contribution in [0.15, 0.2) is 18.2 Å². The van der Waals surface area contributed by atoms with Crippen LogP contribution in [0.1, 0.15) is 45.7 Å². The molecule has 1 aliphatic heterocycles. The van der Waals surface area contributed by atoms with Gasteiger partial charge in [-0.05, 0) is 37.0 Å². The summed E-state index contributed by atoms with van der Waals surface area (Å²) in [6.45, 7) is 6.33. The quantitative estimate of drug-likeness (QED) is 0.217. The third kappa shape index (κ3) is 4.75. The van der Waals surface area contributed by atoms with Gasteiger partial charge in [0.25, 0.3) is 17.7 Å². The van der Waals surface area contributed by atoms with Gasteiger partial charge in [-0.2, -0.15) is 0 Å². The highest BCUT2D eigenvalue weighted by atomic mass is 35.5. The van der Waals surface area contributed by atoms with Gasteiger partial charge in [-0.15, -0.1) is 0 Å². The molecule has 1 atom stereocenters. The first kappa shape index (κ1) is 26.3. The summed E-state index contributed by atoms with van der Waals surface area (Å²) in [7, 11) is 0. The smallest absolute Gasteiger partial charge is 0.330 e. The zero-order valence-electron chi connectivity index (χ0n) is 18.6. The van der Waals surface area contributed by atoms with E-state index in [9.17, 15) is 19.2 Å². The Morgan fingerprint density at radius 1 is 0.941 bits per heavy atom. The Morgan fingerprint density at radius 2 is 1.47 bits per heavy atom. The first-order chi connectivity index (χ1) is 15.9. The van der Waals surface area contributed by atoms with Gasteiger partial charge in [-0.1, -0.05) is 72.4 Å². The lowest BCUT2D eigenvalue weighted by Gasteiger charge is -2.27. The van der Waals surface area contributed by atoms with Gasteiger partial charge < -0.3 is 10.1 Å². The highest BCUT2D eigenvalue weighted by Crippen LogP contribution is 2.45. The topological polar surface area (TPSA) is 92.8 Å². The van der Waals surface area contributed by atoms with E-state index >= 15 is 0 Å². The lowest BCUT2D eigenvalue weighted by molar-refractivity contribution is -0.152. The van der Waals surface area contributed by atoms with Gasteiger partial charge >= 0.3 is 5.97 Å².